The van der Waals surface area contributed by atoms with Gasteiger partial charge in [0.15, 0.2) is 0 Å². The second-order valence-corrected chi connectivity index (χ2v) is 11.5. The molecule has 2 aliphatic rings. The summed E-state index contributed by atoms with van der Waals surface area (Å²) in [4.78, 5) is 44.4. The van der Waals surface area contributed by atoms with Gasteiger partial charge in [-0.15, -0.1) is 0 Å². The van der Waals surface area contributed by atoms with Crippen LogP contribution >= 0.6 is 0 Å². The van der Waals surface area contributed by atoms with Gasteiger partial charge in [0.25, 0.3) is 5.91 Å². The van der Waals surface area contributed by atoms with Gasteiger partial charge in [-0.25, -0.2) is 4.39 Å². The number of benzene rings is 4. The van der Waals surface area contributed by atoms with E-state index in [1.54, 1.807) is 23.1 Å². The zero-order chi connectivity index (χ0) is 29.8. The molecule has 0 aromatic heterocycles. The molecule has 1 fully saturated rings. The van der Waals surface area contributed by atoms with Crippen molar-refractivity contribution >= 4 is 34.2 Å². The number of amides is 3. The molecule has 1 unspecified atom stereocenters. The molecular formula is C36H36FN3O3. The second-order valence-electron chi connectivity index (χ2n) is 11.5. The van der Waals surface area contributed by atoms with Gasteiger partial charge in [0.1, 0.15) is 11.9 Å². The van der Waals surface area contributed by atoms with Crippen molar-refractivity contribution in [3.05, 3.63) is 114 Å². The van der Waals surface area contributed by atoms with Gasteiger partial charge in [-0.2, -0.15) is 0 Å². The molecule has 7 heteroatoms. The van der Waals surface area contributed by atoms with Crippen molar-refractivity contribution in [3.8, 4) is 0 Å². The van der Waals surface area contributed by atoms with E-state index in [-0.39, 0.29) is 36.7 Å². The third-order valence-electron chi connectivity index (χ3n) is 8.69. The molecule has 1 aliphatic heterocycles. The number of nitrogens with zero attached hydrogens (tertiary/aromatic N) is 2. The third kappa shape index (κ3) is 6.17. The monoisotopic (exact) mass is 577 g/mol. The predicted octanol–water partition coefficient (Wildman–Crippen LogP) is 6.42. The average Bonchev–Trinajstić information content (AvgIpc) is 3.63. The fourth-order valence-electron chi connectivity index (χ4n) is 6.46. The van der Waals surface area contributed by atoms with E-state index >= 15 is 0 Å². The van der Waals surface area contributed by atoms with E-state index in [0.29, 0.717) is 30.5 Å². The van der Waals surface area contributed by atoms with Gasteiger partial charge in [0.2, 0.25) is 11.8 Å². The SMILES string of the molecule is O=C(NC1CCCC1)C(Cc1ccccc1)N(Cc1ccccc1F)C(=O)CCCN1C(=O)c2cccc3cccc1c23. The van der Waals surface area contributed by atoms with Crippen LogP contribution in [0.25, 0.3) is 10.8 Å². The molecule has 3 amide bonds. The largest absolute Gasteiger partial charge is 0.352 e. The highest BCUT2D eigenvalue weighted by molar-refractivity contribution is 6.25. The van der Waals surface area contributed by atoms with Crippen molar-refractivity contribution in [1.29, 1.82) is 0 Å². The van der Waals surface area contributed by atoms with Crippen molar-refractivity contribution in [3.63, 3.8) is 0 Å². The number of anilines is 1. The summed E-state index contributed by atoms with van der Waals surface area (Å²) >= 11 is 0. The van der Waals surface area contributed by atoms with E-state index in [4.69, 9.17) is 0 Å². The summed E-state index contributed by atoms with van der Waals surface area (Å²) in [6.45, 7) is 0.345. The highest BCUT2D eigenvalue weighted by atomic mass is 19.1. The molecule has 0 bridgehead atoms. The van der Waals surface area contributed by atoms with Gasteiger partial charge < -0.3 is 15.1 Å². The van der Waals surface area contributed by atoms with Gasteiger partial charge in [-0.3, -0.25) is 14.4 Å². The first-order valence-corrected chi connectivity index (χ1v) is 15.2. The van der Waals surface area contributed by atoms with Crippen LogP contribution < -0.4 is 10.2 Å². The Morgan fingerprint density at radius 2 is 1.63 bits per heavy atom. The van der Waals surface area contributed by atoms with Crippen LogP contribution in [0.4, 0.5) is 10.1 Å². The van der Waals surface area contributed by atoms with Gasteiger partial charge in [0.05, 0.1) is 5.69 Å². The van der Waals surface area contributed by atoms with Crippen molar-refractivity contribution in [2.75, 3.05) is 11.4 Å². The Hall–Kier alpha value is -4.52. The zero-order valence-electron chi connectivity index (χ0n) is 24.2. The maximum absolute atomic E-state index is 14.9. The first-order chi connectivity index (χ1) is 21.0. The highest BCUT2D eigenvalue weighted by Gasteiger charge is 2.33. The summed E-state index contributed by atoms with van der Waals surface area (Å²) in [6, 6.07) is 26.9. The summed E-state index contributed by atoms with van der Waals surface area (Å²) in [5.74, 6) is -0.936. The topological polar surface area (TPSA) is 69.7 Å². The highest BCUT2D eigenvalue weighted by Crippen LogP contribution is 2.37. The zero-order valence-corrected chi connectivity index (χ0v) is 24.2. The van der Waals surface area contributed by atoms with Gasteiger partial charge in [-0.1, -0.05) is 85.6 Å². The summed E-state index contributed by atoms with van der Waals surface area (Å²) in [5.41, 5.74) is 2.81. The minimum Gasteiger partial charge on any atom is -0.352 e. The fourth-order valence-corrected chi connectivity index (χ4v) is 6.46. The maximum Gasteiger partial charge on any atom is 0.258 e. The van der Waals surface area contributed by atoms with E-state index in [1.165, 1.54) is 11.0 Å². The van der Waals surface area contributed by atoms with Crippen molar-refractivity contribution in [1.82, 2.24) is 10.2 Å². The number of hydrogen-bond acceptors (Lipinski definition) is 3. The maximum atomic E-state index is 14.9. The Balaban J connectivity index is 1.24. The van der Waals surface area contributed by atoms with Crippen molar-refractivity contribution in [2.45, 2.75) is 63.6 Å². The van der Waals surface area contributed by atoms with Crippen LogP contribution in [0, 0.1) is 5.82 Å². The van der Waals surface area contributed by atoms with Crippen LogP contribution in [0.2, 0.25) is 0 Å². The van der Waals surface area contributed by atoms with E-state index < -0.39 is 11.9 Å². The molecule has 4 aromatic carbocycles. The second kappa shape index (κ2) is 12.8. The molecule has 1 aliphatic carbocycles. The summed E-state index contributed by atoms with van der Waals surface area (Å²) in [6.07, 6.45) is 4.82. The van der Waals surface area contributed by atoms with Crippen LogP contribution in [0.3, 0.4) is 0 Å². The van der Waals surface area contributed by atoms with E-state index in [0.717, 1.165) is 47.7 Å². The molecule has 43 heavy (non-hydrogen) atoms. The van der Waals surface area contributed by atoms with Crippen LogP contribution in [0.1, 0.15) is 60.0 Å². The number of rotatable bonds is 11. The van der Waals surface area contributed by atoms with Crippen LogP contribution in [0.15, 0.2) is 91.0 Å². The van der Waals surface area contributed by atoms with Crippen LogP contribution in [-0.2, 0) is 22.6 Å². The third-order valence-corrected chi connectivity index (χ3v) is 8.69. The summed E-state index contributed by atoms with van der Waals surface area (Å²) in [7, 11) is 0. The molecule has 0 saturated heterocycles. The smallest absolute Gasteiger partial charge is 0.258 e. The van der Waals surface area contributed by atoms with E-state index in [9.17, 15) is 18.8 Å². The minimum atomic E-state index is -0.804. The quantitative estimate of drug-likeness (QED) is 0.224. The molecule has 4 aromatic rings. The van der Waals surface area contributed by atoms with Crippen molar-refractivity contribution < 1.29 is 18.8 Å². The minimum absolute atomic E-state index is 0.0194. The first-order valence-electron chi connectivity index (χ1n) is 15.2. The van der Waals surface area contributed by atoms with Crippen molar-refractivity contribution in [2.24, 2.45) is 0 Å². The predicted molar refractivity (Wildman–Crippen MR) is 166 cm³/mol. The standard InChI is InChI=1S/C36H36FN3O3/c37-30-19-7-4-13-27(30)24-40(32(23-25-11-2-1-3-12-25)35(42)38-28-16-5-6-17-28)33(41)21-10-22-39-31-20-9-15-26-14-8-18-29(34(26)31)36(39)43/h1-4,7-9,11-15,18-20,28,32H,5-6,10,16-17,21-24H2,(H,38,42). The van der Waals surface area contributed by atoms with Gasteiger partial charge in [0, 0.05) is 48.5 Å². The Bertz CT molecular complexity index is 1630. The van der Waals surface area contributed by atoms with Crippen LogP contribution in [0.5, 0.6) is 0 Å². The molecule has 1 saturated carbocycles. The molecule has 6 nitrogen and oxygen atoms in total. The Morgan fingerprint density at radius 1 is 0.907 bits per heavy atom. The summed E-state index contributed by atoms with van der Waals surface area (Å²) < 4.78 is 14.9. The van der Waals surface area contributed by atoms with E-state index in [2.05, 4.69) is 5.32 Å². The molecular weight excluding hydrogens is 541 g/mol. The molecule has 0 spiro atoms. The molecule has 1 atom stereocenters. The van der Waals surface area contributed by atoms with Gasteiger partial charge >= 0.3 is 0 Å². The lowest BCUT2D eigenvalue weighted by Crippen LogP contribution is -2.52. The Labute approximate surface area is 251 Å². The lowest BCUT2D eigenvalue weighted by Gasteiger charge is -2.32. The molecule has 220 valence electrons. The van der Waals surface area contributed by atoms with Gasteiger partial charge in [-0.05, 0) is 48.4 Å². The lowest BCUT2D eigenvalue weighted by molar-refractivity contribution is -0.141. The molecule has 1 N–H and O–H groups in total. The number of halogens is 1. The number of hydrogen-bond donors (Lipinski definition) is 1. The van der Waals surface area contributed by atoms with Crippen LogP contribution in [-0.4, -0.2) is 41.2 Å². The number of carbonyl (C=O) groups is 3. The Morgan fingerprint density at radius 3 is 2.40 bits per heavy atom. The number of carbonyl (C=O) groups excluding carboxylic acids is 3. The molecule has 1 heterocycles. The number of nitrogens with one attached hydrogen (secondary N) is 1. The lowest BCUT2D eigenvalue weighted by atomic mass is 10.0. The molecule has 0 radical (unpaired) electrons. The average molecular weight is 578 g/mol. The normalized spacial score (nSPS) is 15.2. The molecule has 6 rings (SSSR count). The fraction of sp³-hybridized carbons (Fsp3) is 0.306. The van der Waals surface area contributed by atoms with E-state index in [1.807, 2.05) is 66.7 Å². The first kappa shape index (κ1) is 28.6. The summed E-state index contributed by atoms with van der Waals surface area (Å²) in [5, 5.41) is 5.13. The Kier molecular flexibility index (Phi) is 8.50.